The van der Waals surface area contributed by atoms with Gasteiger partial charge in [0, 0.05) is 29.1 Å². The summed E-state index contributed by atoms with van der Waals surface area (Å²) in [4.78, 5) is 15.2. The molecule has 0 fully saturated rings. The molecule has 30 heavy (non-hydrogen) atoms. The molecule has 0 aliphatic carbocycles. The number of aromatic nitrogens is 2. The van der Waals surface area contributed by atoms with Gasteiger partial charge in [-0.05, 0) is 37.6 Å². The Labute approximate surface area is 181 Å². The molecule has 0 bridgehead atoms. The molecule has 0 aliphatic heterocycles. The van der Waals surface area contributed by atoms with E-state index in [1.54, 1.807) is 0 Å². The molecule has 0 unspecified atom stereocenters. The average Bonchev–Trinajstić information content (AvgIpc) is 3.16. The third-order valence-electron chi connectivity index (χ3n) is 5.35. The van der Waals surface area contributed by atoms with Gasteiger partial charge in [-0.3, -0.25) is 9.48 Å². The topological polar surface area (TPSA) is 38.1 Å². The van der Waals surface area contributed by atoms with Gasteiger partial charge in [-0.15, -0.1) is 0 Å². The number of hydrogen-bond donors (Lipinski definition) is 0. The highest BCUT2D eigenvalue weighted by molar-refractivity contribution is 6.31. The molecule has 0 saturated heterocycles. The van der Waals surface area contributed by atoms with Crippen molar-refractivity contribution in [2.45, 2.75) is 26.4 Å². The van der Waals surface area contributed by atoms with Gasteiger partial charge in [0.25, 0.3) is 0 Å². The maximum atomic E-state index is 13.4. The summed E-state index contributed by atoms with van der Waals surface area (Å²) in [7, 11) is 0. The standard InChI is InChI=1S/C25H24ClN3O/c1-3-28(17-19-10-6-4-7-11-19)25(30)18(2)29-23-15-14-21(26)16-22(23)24(27-29)20-12-8-5-9-13-20/h4-16,18H,3,17H2,1-2H3/t18-/m0/s1. The smallest absolute Gasteiger partial charge is 0.247 e. The highest BCUT2D eigenvalue weighted by atomic mass is 35.5. The second kappa shape index (κ2) is 8.72. The van der Waals surface area contributed by atoms with Crippen LogP contribution in [0.3, 0.4) is 0 Å². The van der Waals surface area contributed by atoms with Gasteiger partial charge in [0.1, 0.15) is 11.7 Å². The number of halogens is 1. The Morgan fingerprint density at radius 2 is 1.70 bits per heavy atom. The fourth-order valence-corrected chi connectivity index (χ4v) is 3.91. The Morgan fingerprint density at radius 1 is 1.03 bits per heavy atom. The van der Waals surface area contributed by atoms with Crippen LogP contribution in [0.15, 0.2) is 78.9 Å². The molecule has 0 radical (unpaired) electrons. The molecule has 4 nitrogen and oxygen atoms in total. The van der Waals surface area contributed by atoms with Gasteiger partial charge in [0.05, 0.1) is 5.52 Å². The van der Waals surface area contributed by atoms with Gasteiger partial charge in [0.2, 0.25) is 5.91 Å². The molecule has 1 atom stereocenters. The molecule has 1 aromatic heterocycles. The number of hydrogen-bond acceptors (Lipinski definition) is 2. The third kappa shape index (κ3) is 3.96. The van der Waals surface area contributed by atoms with Crippen LogP contribution in [0, 0.1) is 0 Å². The van der Waals surface area contributed by atoms with Crippen LogP contribution in [-0.2, 0) is 11.3 Å². The fraction of sp³-hybridized carbons (Fsp3) is 0.200. The minimum atomic E-state index is -0.435. The van der Waals surface area contributed by atoms with Gasteiger partial charge in [-0.2, -0.15) is 5.10 Å². The lowest BCUT2D eigenvalue weighted by molar-refractivity contribution is -0.134. The van der Waals surface area contributed by atoms with E-state index in [0.29, 0.717) is 18.1 Å². The Balaban J connectivity index is 1.72. The lowest BCUT2D eigenvalue weighted by atomic mass is 10.1. The van der Waals surface area contributed by atoms with E-state index >= 15 is 0 Å². The van der Waals surface area contributed by atoms with E-state index in [0.717, 1.165) is 27.7 Å². The Bertz CT molecular complexity index is 1160. The molecular weight excluding hydrogens is 394 g/mol. The molecule has 0 saturated carbocycles. The van der Waals surface area contributed by atoms with Crippen LogP contribution in [0.4, 0.5) is 0 Å². The van der Waals surface area contributed by atoms with Crippen molar-refractivity contribution in [3.8, 4) is 11.3 Å². The molecule has 0 spiro atoms. The molecule has 3 aromatic carbocycles. The molecule has 5 heteroatoms. The van der Waals surface area contributed by atoms with Crippen LogP contribution < -0.4 is 0 Å². The number of benzene rings is 3. The first-order valence-electron chi connectivity index (χ1n) is 10.1. The molecule has 0 aliphatic rings. The van der Waals surface area contributed by atoms with Crippen LogP contribution in [0.1, 0.15) is 25.5 Å². The zero-order valence-corrected chi connectivity index (χ0v) is 17.9. The predicted octanol–water partition coefficient (Wildman–Crippen LogP) is 5.97. The number of fused-ring (bicyclic) bond motifs is 1. The van der Waals surface area contributed by atoms with E-state index in [4.69, 9.17) is 16.7 Å². The van der Waals surface area contributed by atoms with Crippen molar-refractivity contribution >= 4 is 28.4 Å². The van der Waals surface area contributed by atoms with Gasteiger partial charge >= 0.3 is 0 Å². The molecule has 0 N–H and O–H groups in total. The largest absolute Gasteiger partial charge is 0.337 e. The third-order valence-corrected chi connectivity index (χ3v) is 5.58. The molecule has 4 rings (SSSR count). The number of nitrogens with zero attached hydrogens (tertiary/aromatic N) is 3. The van der Waals surface area contributed by atoms with E-state index in [2.05, 4.69) is 0 Å². The normalized spacial score (nSPS) is 12.1. The maximum Gasteiger partial charge on any atom is 0.247 e. The monoisotopic (exact) mass is 417 g/mol. The second-order valence-electron chi connectivity index (χ2n) is 7.33. The summed E-state index contributed by atoms with van der Waals surface area (Å²) in [5, 5.41) is 6.45. The van der Waals surface area contributed by atoms with Crippen LogP contribution in [0.25, 0.3) is 22.2 Å². The summed E-state index contributed by atoms with van der Waals surface area (Å²) >= 11 is 6.28. The summed E-state index contributed by atoms with van der Waals surface area (Å²) < 4.78 is 1.82. The molecule has 1 amide bonds. The first-order chi connectivity index (χ1) is 14.6. The molecule has 4 aromatic rings. The van der Waals surface area contributed by atoms with Gasteiger partial charge < -0.3 is 4.90 Å². The SMILES string of the molecule is CCN(Cc1ccccc1)C(=O)[C@H](C)n1nc(-c2ccccc2)c2cc(Cl)ccc21. The maximum absolute atomic E-state index is 13.4. The average molecular weight is 418 g/mol. The van der Waals surface area contributed by atoms with Crippen molar-refractivity contribution in [2.24, 2.45) is 0 Å². The fourth-order valence-electron chi connectivity index (χ4n) is 3.74. The minimum Gasteiger partial charge on any atom is -0.337 e. The zero-order chi connectivity index (χ0) is 21.1. The first-order valence-corrected chi connectivity index (χ1v) is 10.5. The number of rotatable bonds is 6. The van der Waals surface area contributed by atoms with E-state index < -0.39 is 6.04 Å². The summed E-state index contributed by atoms with van der Waals surface area (Å²) in [5.74, 6) is 0.0420. The van der Waals surface area contributed by atoms with E-state index in [1.165, 1.54) is 0 Å². The van der Waals surface area contributed by atoms with Crippen molar-refractivity contribution in [2.75, 3.05) is 6.54 Å². The zero-order valence-electron chi connectivity index (χ0n) is 17.1. The van der Waals surface area contributed by atoms with Crippen molar-refractivity contribution in [1.82, 2.24) is 14.7 Å². The van der Waals surface area contributed by atoms with Crippen molar-refractivity contribution < 1.29 is 4.79 Å². The summed E-state index contributed by atoms with van der Waals surface area (Å²) in [6, 6.07) is 25.3. The first kappa shape index (κ1) is 20.2. The molecule has 1 heterocycles. The quantitative estimate of drug-likeness (QED) is 0.387. The van der Waals surface area contributed by atoms with Crippen LogP contribution >= 0.6 is 11.6 Å². The van der Waals surface area contributed by atoms with E-state index in [1.807, 2.05) is 102 Å². The van der Waals surface area contributed by atoms with Gasteiger partial charge in [0.15, 0.2) is 0 Å². The number of carbonyl (C=O) groups is 1. The number of likely N-dealkylation sites (N-methyl/N-ethyl adjacent to an activating group) is 1. The lowest BCUT2D eigenvalue weighted by Gasteiger charge is -2.25. The van der Waals surface area contributed by atoms with E-state index in [-0.39, 0.29) is 5.91 Å². The predicted molar refractivity (Wildman–Crippen MR) is 122 cm³/mol. The van der Waals surface area contributed by atoms with Gasteiger partial charge in [-0.1, -0.05) is 72.3 Å². The van der Waals surface area contributed by atoms with Crippen LogP contribution in [-0.4, -0.2) is 27.1 Å². The molecular formula is C25H24ClN3O. The Morgan fingerprint density at radius 3 is 2.37 bits per heavy atom. The summed E-state index contributed by atoms with van der Waals surface area (Å²) in [5.41, 5.74) is 3.84. The van der Waals surface area contributed by atoms with Crippen molar-refractivity contribution in [3.05, 3.63) is 89.4 Å². The van der Waals surface area contributed by atoms with E-state index in [9.17, 15) is 4.79 Å². The summed E-state index contributed by atoms with van der Waals surface area (Å²) in [6.07, 6.45) is 0. The Hall–Kier alpha value is -3.11. The number of amides is 1. The van der Waals surface area contributed by atoms with Gasteiger partial charge in [-0.25, -0.2) is 0 Å². The lowest BCUT2D eigenvalue weighted by Crippen LogP contribution is -2.36. The Kier molecular flexibility index (Phi) is 5.86. The second-order valence-corrected chi connectivity index (χ2v) is 7.77. The highest BCUT2D eigenvalue weighted by Crippen LogP contribution is 2.32. The van der Waals surface area contributed by atoms with Crippen LogP contribution in [0.2, 0.25) is 5.02 Å². The minimum absolute atomic E-state index is 0.0420. The van der Waals surface area contributed by atoms with Crippen LogP contribution in [0.5, 0.6) is 0 Å². The highest BCUT2D eigenvalue weighted by Gasteiger charge is 2.25. The van der Waals surface area contributed by atoms with Crippen molar-refractivity contribution in [1.29, 1.82) is 0 Å². The number of carbonyl (C=O) groups excluding carboxylic acids is 1. The summed E-state index contributed by atoms with van der Waals surface area (Å²) in [6.45, 7) is 5.13. The van der Waals surface area contributed by atoms with Crippen molar-refractivity contribution in [3.63, 3.8) is 0 Å². The molecule has 152 valence electrons.